The van der Waals surface area contributed by atoms with Crippen LogP contribution in [0.3, 0.4) is 0 Å². The van der Waals surface area contributed by atoms with Gasteiger partial charge in [0.15, 0.2) is 5.82 Å². The van der Waals surface area contributed by atoms with Gasteiger partial charge in [-0.1, -0.05) is 30.3 Å². The number of benzene rings is 1. The number of aryl methyl sites for hydroxylation is 1. The van der Waals surface area contributed by atoms with Crippen molar-refractivity contribution in [2.45, 2.75) is 13.5 Å². The molecule has 0 aliphatic rings. The molecule has 1 N–H and O–H groups in total. The summed E-state index contributed by atoms with van der Waals surface area (Å²) >= 11 is 0. The molecule has 1 aromatic carbocycles. The van der Waals surface area contributed by atoms with E-state index in [2.05, 4.69) is 27.4 Å². The van der Waals surface area contributed by atoms with Crippen LogP contribution in [0.2, 0.25) is 0 Å². The van der Waals surface area contributed by atoms with E-state index in [0.717, 1.165) is 23.9 Å². The second-order valence-electron chi connectivity index (χ2n) is 4.56. The van der Waals surface area contributed by atoms with Gasteiger partial charge in [-0.2, -0.15) is 0 Å². The molecule has 0 saturated carbocycles. The number of hydrogen-bond donors (Lipinski definition) is 1. The molecule has 100 valence electrons. The Kier molecular flexibility index (Phi) is 3.46. The minimum atomic E-state index is 0.771. The van der Waals surface area contributed by atoms with Gasteiger partial charge in [-0.3, -0.25) is 4.57 Å². The van der Waals surface area contributed by atoms with Crippen molar-refractivity contribution < 1.29 is 0 Å². The Bertz CT molecular complexity index is 688. The van der Waals surface area contributed by atoms with E-state index in [1.807, 2.05) is 48.0 Å². The lowest BCUT2D eigenvalue weighted by atomic mass is 10.2. The molecule has 0 atom stereocenters. The molecule has 3 aromatic rings. The third-order valence-electron chi connectivity index (χ3n) is 3.17. The Labute approximate surface area is 118 Å². The quantitative estimate of drug-likeness (QED) is 0.787. The summed E-state index contributed by atoms with van der Waals surface area (Å²) in [5.41, 5.74) is 2.24. The van der Waals surface area contributed by atoms with Gasteiger partial charge in [0.25, 0.3) is 0 Å². The number of aromatic nitrogens is 3. The number of rotatable bonds is 4. The normalized spacial score (nSPS) is 10.4. The van der Waals surface area contributed by atoms with Crippen LogP contribution in [0.5, 0.6) is 0 Å². The molecule has 20 heavy (non-hydrogen) atoms. The van der Waals surface area contributed by atoms with Gasteiger partial charge in [-0.25, -0.2) is 9.97 Å². The highest BCUT2D eigenvalue weighted by molar-refractivity contribution is 5.57. The van der Waals surface area contributed by atoms with E-state index in [1.165, 1.54) is 5.56 Å². The van der Waals surface area contributed by atoms with Crippen molar-refractivity contribution in [1.29, 1.82) is 0 Å². The van der Waals surface area contributed by atoms with Crippen molar-refractivity contribution >= 4 is 5.69 Å². The molecule has 3 rings (SSSR count). The predicted octanol–water partition coefficient (Wildman–Crippen LogP) is 3.19. The van der Waals surface area contributed by atoms with Crippen LogP contribution in [0.4, 0.5) is 5.69 Å². The highest BCUT2D eigenvalue weighted by atomic mass is 15.1. The number of imidazole rings is 1. The van der Waals surface area contributed by atoms with Gasteiger partial charge in [0.1, 0.15) is 5.82 Å². The second-order valence-corrected chi connectivity index (χ2v) is 4.56. The maximum absolute atomic E-state index is 4.45. The Morgan fingerprint density at radius 1 is 1.00 bits per heavy atom. The number of nitrogens with one attached hydrogen (secondary N) is 1. The first-order valence-electron chi connectivity index (χ1n) is 6.58. The molecule has 0 fully saturated rings. The molecule has 0 bridgehead atoms. The summed E-state index contributed by atoms with van der Waals surface area (Å²) in [5, 5.41) is 3.43. The van der Waals surface area contributed by atoms with E-state index in [0.29, 0.717) is 0 Å². The van der Waals surface area contributed by atoms with Crippen LogP contribution >= 0.6 is 0 Å². The molecule has 0 amide bonds. The van der Waals surface area contributed by atoms with Gasteiger partial charge in [-0.15, -0.1) is 0 Å². The fraction of sp³-hybridized carbons (Fsp3) is 0.125. The van der Waals surface area contributed by atoms with Gasteiger partial charge in [-0.05, 0) is 24.6 Å². The minimum Gasteiger partial charge on any atom is -0.378 e. The van der Waals surface area contributed by atoms with Crippen molar-refractivity contribution in [3.8, 4) is 5.82 Å². The van der Waals surface area contributed by atoms with E-state index in [9.17, 15) is 0 Å². The molecule has 4 nitrogen and oxygen atoms in total. The topological polar surface area (TPSA) is 42.7 Å². The van der Waals surface area contributed by atoms with E-state index in [1.54, 1.807) is 12.4 Å². The first-order chi connectivity index (χ1) is 9.84. The molecule has 0 unspecified atom stereocenters. The van der Waals surface area contributed by atoms with Crippen LogP contribution in [-0.4, -0.2) is 14.5 Å². The zero-order valence-corrected chi connectivity index (χ0v) is 11.3. The van der Waals surface area contributed by atoms with Crippen molar-refractivity contribution in [3.05, 3.63) is 72.4 Å². The lowest BCUT2D eigenvalue weighted by molar-refractivity contribution is 0.929. The summed E-state index contributed by atoms with van der Waals surface area (Å²) in [6, 6.07) is 14.3. The largest absolute Gasteiger partial charge is 0.378 e. The minimum absolute atomic E-state index is 0.771. The maximum atomic E-state index is 4.45. The molecule has 0 aliphatic heterocycles. The van der Waals surface area contributed by atoms with Crippen LogP contribution in [0.1, 0.15) is 11.4 Å². The Balaban J connectivity index is 1.86. The number of hydrogen-bond acceptors (Lipinski definition) is 3. The van der Waals surface area contributed by atoms with E-state index in [-0.39, 0.29) is 0 Å². The first kappa shape index (κ1) is 12.4. The molecule has 0 saturated heterocycles. The SMILES string of the molecule is Cc1nccn1-c1ncccc1NCc1ccccc1. The van der Waals surface area contributed by atoms with E-state index < -0.39 is 0 Å². The summed E-state index contributed by atoms with van der Waals surface area (Å²) in [7, 11) is 0. The lowest BCUT2D eigenvalue weighted by Crippen LogP contribution is -2.06. The van der Waals surface area contributed by atoms with Gasteiger partial charge in [0, 0.05) is 25.1 Å². The Morgan fingerprint density at radius 3 is 2.60 bits per heavy atom. The third kappa shape index (κ3) is 2.54. The van der Waals surface area contributed by atoms with Crippen LogP contribution < -0.4 is 5.32 Å². The molecule has 2 heterocycles. The highest BCUT2D eigenvalue weighted by Crippen LogP contribution is 2.19. The van der Waals surface area contributed by atoms with Crippen LogP contribution in [0.15, 0.2) is 61.1 Å². The van der Waals surface area contributed by atoms with E-state index >= 15 is 0 Å². The van der Waals surface area contributed by atoms with Crippen LogP contribution in [-0.2, 0) is 6.54 Å². The predicted molar refractivity (Wildman–Crippen MR) is 79.9 cm³/mol. The summed E-state index contributed by atoms with van der Waals surface area (Å²) in [4.78, 5) is 8.70. The van der Waals surface area contributed by atoms with Crippen molar-refractivity contribution in [2.24, 2.45) is 0 Å². The number of pyridine rings is 1. The average Bonchev–Trinajstić information content (AvgIpc) is 2.92. The smallest absolute Gasteiger partial charge is 0.161 e. The molecule has 0 radical (unpaired) electrons. The van der Waals surface area contributed by atoms with Gasteiger partial charge in [0.05, 0.1) is 5.69 Å². The number of nitrogens with zero attached hydrogens (tertiary/aromatic N) is 3. The molecule has 0 spiro atoms. The Morgan fingerprint density at radius 2 is 1.85 bits per heavy atom. The molecular weight excluding hydrogens is 248 g/mol. The molecule has 4 heteroatoms. The zero-order chi connectivity index (χ0) is 13.8. The second kappa shape index (κ2) is 5.57. The highest BCUT2D eigenvalue weighted by Gasteiger charge is 2.07. The molecule has 2 aromatic heterocycles. The fourth-order valence-corrected chi connectivity index (χ4v) is 2.12. The van der Waals surface area contributed by atoms with Gasteiger partial charge < -0.3 is 5.32 Å². The van der Waals surface area contributed by atoms with E-state index in [4.69, 9.17) is 0 Å². The van der Waals surface area contributed by atoms with Gasteiger partial charge in [0.2, 0.25) is 0 Å². The number of anilines is 1. The lowest BCUT2D eigenvalue weighted by Gasteiger charge is -2.12. The van der Waals surface area contributed by atoms with Crippen LogP contribution in [0.25, 0.3) is 5.82 Å². The Hall–Kier alpha value is -2.62. The maximum Gasteiger partial charge on any atom is 0.161 e. The molecular formula is C16H16N4. The summed E-state index contributed by atoms with van der Waals surface area (Å²) in [5.74, 6) is 1.80. The van der Waals surface area contributed by atoms with Crippen molar-refractivity contribution in [3.63, 3.8) is 0 Å². The fourth-order valence-electron chi connectivity index (χ4n) is 2.12. The zero-order valence-electron chi connectivity index (χ0n) is 11.3. The average molecular weight is 264 g/mol. The van der Waals surface area contributed by atoms with Gasteiger partial charge >= 0.3 is 0 Å². The third-order valence-corrected chi connectivity index (χ3v) is 3.17. The van der Waals surface area contributed by atoms with Crippen LogP contribution in [0, 0.1) is 6.92 Å². The summed E-state index contributed by atoms with van der Waals surface area (Å²) in [6.45, 7) is 2.74. The van der Waals surface area contributed by atoms with Crippen molar-refractivity contribution in [2.75, 3.05) is 5.32 Å². The standard InChI is InChI=1S/C16H16N4/c1-13-17-10-11-20(13)16-15(8-5-9-18-16)19-12-14-6-3-2-4-7-14/h2-11,19H,12H2,1H3. The molecule has 0 aliphatic carbocycles. The van der Waals surface area contributed by atoms with Crippen molar-refractivity contribution in [1.82, 2.24) is 14.5 Å². The first-order valence-corrected chi connectivity index (χ1v) is 6.58. The summed E-state index contributed by atoms with van der Waals surface area (Å²) < 4.78 is 1.98. The monoisotopic (exact) mass is 264 g/mol. The summed E-state index contributed by atoms with van der Waals surface area (Å²) in [6.07, 6.45) is 5.50.